The van der Waals surface area contributed by atoms with Gasteiger partial charge in [0.05, 0.1) is 11.4 Å². The number of aryl methyl sites for hydroxylation is 3. The standard InChI is InChI=1S/C57H61BN2S/c1-34-27-47-50-48(28-34)60(51-35(2)29-38(30-36(51)3)37-17-15-14-16-18-37)46-33-44-43(56(10,11)25-26-57(44,12)13)32-45(46)58(50)53-52(42-31-40(55(7,8)9)21-24-49(42)61-53)59(47)41-22-19-39(20-23-41)54(4,5)6/h14-24,27-33H,25-26H2,1-13H3. The van der Waals surface area contributed by atoms with E-state index in [9.17, 15) is 0 Å². The second kappa shape index (κ2) is 13.5. The second-order valence-corrected chi connectivity index (χ2v) is 23.0. The summed E-state index contributed by atoms with van der Waals surface area (Å²) in [7, 11) is 0. The molecule has 0 spiro atoms. The summed E-state index contributed by atoms with van der Waals surface area (Å²) < 4.78 is 2.80. The molecule has 6 aromatic carbocycles. The van der Waals surface area contributed by atoms with Gasteiger partial charge in [0.1, 0.15) is 0 Å². The van der Waals surface area contributed by atoms with Crippen molar-refractivity contribution >= 4 is 78.0 Å². The van der Waals surface area contributed by atoms with Gasteiger partial charge >= 0.3 is 0 Å². The highest BCUT2D eigenvalue weighted by Gasteiger charge is 2.48. The van der Waals surface area contributed by atoms with E-state index >= 15 is 0 Å². The SMILES string of the molecule is Cc1cc2c3c(c1)N(c1ccc(C(C)(C)C)cc1)c1c(sc4ccc(C(C)(C)C)cc14)B3c1cc3c(cc1N2c1c(C)cc(-c2ccccc2)cc1C)C(C)(C)CCC3(C)C. The van der Waals surface area contributed by atoms with Crippen molar-refractivity contribution in [3.63, 3.8) is 0 Å². The first-order chi connectivity index (χ1) is 28.7. The maximum absolute atomic E-state index is 2.69. The highest BCUT2D eigenvalue weighted by atomic mass is 32.1. The van der Waals surface area contributed by atoms with Crippen molar-refractivity contribution in [3.05, 3.63) is 148 Å². The Morgan fingerprint density at radius 3 is 1.74 bits per heavy atom. The largest absolute Gasteiger partial charge is 0.311 e. The zero-order valence-corrected chi connectivity index (χ0v) is 39.5. The minimum atomic E-state index is 0.0275. The third-order valence-electron chi connectivity index (χ3n) is 14.5. The number of nitrogens with zero attached hydrogens (tertiary/aromatic N) is 2. The van der Waals surface area contributed by atoms with E-state index in [1.165, 1.54) is 123 Å². The molecule has 0 bridgehead atoms. The number of rotatable bonds is 3. The number of benzene rings is 6. The van der Waals surface area contributed by atoms with Crippen LogP contribution in [0, 0.1) is 20.8 Å². The van der Waals surface area contributed by atoms with Crippen LogP contribution in [0.5, 0.6) is 0 Å². The van der Waals surface area contributed by atoms with Crippen LogP contribution >= 0.6 is 11.3 Å². The average molecular weight is 817 g/mol. The van der Waals surface area contributed by atoms with Gasteiger partial charge < -0.3 is 9.80 Å². The monoisotopic (exact) mass is 816 g/mol. The van der Waals surface area contributed by atoms with Crippen LogP contribution in [0.15, 0.2) is 109 Å². The van der Waals surface area contributed by atoms with Gasteiger partial charge in [-0.05, 0) is 171 Å². The lowest BCUT2D eigenvalue weighted by Gasteiger charge is -2.47. The molecule has 0 radical (unpaired) electrons. The van der Waals surface area contributed by atoms with E-state index in [2.05, 4.69) is 209 Å². The van der Waals surface area contributed by atoms with E-state index in [0.29, 0.717) is 0 Å². The van der Waals surface area contributed by atoms with Crippen molar-refractivity contribution in [1.82, 2.24) is 0 Å². The first-order valence-corrected chi connectivity index (χ1v) is 23.3. The van der Waals surface area contributed by atoms with Gasteiger partial charge in [-0.25, -0.2) is 0 Å². The number of anilines is 6. The maximum Gasteiger partial charge on any atom is 0.264 e. The molecule has 0 fully saturated rings. The molecule has 3 heterocycles. The molecule has 61 heavy (non-hydrogen) atoms. The van der Waals surface area contributed by atoms with E-state index in [4.69, 9.17) is 0 Å². The Balaban J connectivity index is 1.33. The molecule has 2 nitrogen and oxygen atoms in total. The van der Waals surface area contributed by atoms with Crippen LogP contribution in [0.3, 0.4) is 0 Å². The normalized spacial score (nSPS) is 16.3. The van der Waals surface area contributed by atoms with Crippen molar-refractivity contribution in [2.75, 3.05) is 9.80 Å². The third-order valence-corrected chi connectivity index (χ3v) is 15.7. The first-order valence-electron chi connectivity index (χ1n) is 22.5. The molecule has 0 saturated heterocycles. The fraction of sp³-hybridized carbons (Fsp3) is 0.333. The summed E-state index contributed by atoms with van der Waals surface area (Å²) in [6.07, 6.45) is 2.36. The minimum absolute atomic E-state index is 0.0275. The Morgan fingerprint density at radius 1 is 0.557 bits per heavy atom. The lowest BCUT2D eigenvalue weighted by atomic mass is 9.35. The Labute approximate surface area is 369 Å². The fourth-order valence-corrected chi connectivity index (χ4v) is 12.2. The Kier molecular flexibility index (Phi) is 8.84. The molecule has 10 rings (SSSR count). The van der Waals surface area contributed by atoms with Gasteiger partial charge in [-0.3, -0.25) is 0 Å². The van der Waals surface area contributed by atoms with Gasteiger partial charge in [0.2, 0.25) is 0 Å². The average Bonchev–Trinajstić information content (AvgIpc) is 3.58. The Hall–Kier alpha value is -5.06. The molecule has 308 valence electrons. The summed E-state index contributed by atoms with van der Waals surface area (Å²) in [5, 5.41) is 1.35. The highest BCUT2D eigenvalue weighted by molar-refractivity contribution is 7.33. The van der Waals surface area contributed by atoms with Gasteiger partial charge in [-0.15, -0.1) is 11.3 Å². The summed E-state index contributed by atoms with van der Waals surface area (Å²) >= 11 is 2.01. The molecule has 4 heteroatoms. The van der Waals surface area contributed by atoms with Crippen LogP contribution in [0.2, 0.25) is 0 Å². The van der Waals surface area contributed by atoms with E-state index in [1.807, 2.05) is 11.3 Å². The van der Waals surface area contributed by atoms with Gasteiger partial charge in [0.15, 0.2) is 0 Å². The predicted octanol–water partition coefficient (Wildman–Crippen LogP) is 14.5. The predicted molar refractivity (Wildman–Crippen MR) is 268 cm³/mol. The van der Waals surface area contributed by atoms with E-state index in [0.717, 1.165) is 0 Å². The Morgan fingerprint density at radius 2 is 1.13 bits per heavy atom. The number of fused-ring (bicyclic) bond motifs is 7. The lowest BCUT2D eigenvalue weighted by molar-refractivity contribution is 0.332. The lowest BCUT2D eigenvalue weighted by Crippen LogP contribution is -2.61. The number of hydrogen-bond donors (Lipinski definition) is 0. The van der Waals surface area contributed by atoms with Crippen LogP contribution in [0.1, 0.15) is 121 Å². The zero-order chi connectivity index (χ0) is 43.1. The molecule has 1 aliphatic carbocycles. The van der Waals surface area contributed by atoms with Crippen molar-refractivity contribution < 1.29 is 0 Å². The van der Waals surface area contributed by atoms with Crippen LogP contribution < -0.4 is 25.5 Å². The first kappa shape index (κ1) is 40.0. The second-order valence-electron chi connectivity index (χ2n) is 21.9. The molecule has 2 aliphatic heterocycles. The molecule has 1 aromatic heterocycles. The van der Waals surface area contributed by atoms with Crippen LogP contribution in [-0.4, -0.2) is 6.71 Å². The molecular formula is C57H61BN2S. The quantitative estimate of drug-likeness (QED) is 0.164. The van der Waals surface area contributed by atoms with E-state index in [-0.39, 0.29) is 28.4 Å². The molecule has 0 N–H and O–H groups in total. The molecule has 0 atom stereocenters. The van der Waals surface area contributed by atoms with Crippen LogP contribution in [0.25, 0.3) is 21.2 Å². The fourth-order valence-electron chi connectivity index (χ4n) is 10.9. The summed E-state index contributed by atoms with van der Waals surface area (Å²) in [5.74, 6) is 0. The molecule has 3 aliphatic rings. The molecule has 0 unspecified atom stereocenters. The number of thiophene rings is 1. The van der Waals surface area contributed by atoms with Crippen LogP contribution in [0.4, 0.5) is 34.1 Å². The summed E-state index contributed by atoms with van der Waals surface area (Å²) in [4.78, 5) is 5.33. The van der Waals surface area contributed by atoms with Gasteiger partial charge in [0, 0.05) is 37.6 Å². The van der Waals surface area contributed by atoms with Crippen molar-refractivity contribution in [3.8, 4) is 11.1 Å². The van der Waals surface area contributed by atoms with Gasteiger partial charge in [-0.1, -0.05) is 124 Å². The van der Waals surface area contributed by atoms with Gasteiger partial charge in [-0.2, -0.15) is 0 Å². The Bertz CT molecular complexity index is 2890. The topological polar surface area (TPSA) is 6.48 Å². The molecule has 0 amide bonds. The number of hydrogen-bond acceptors (Lipinski definition) is 3. The molecule has 7 aromatic rings. The smallest absolute Gasteiger partial charge is 0.264 e. The molecular weight excluding hydrogens is 756 g/mol. The van der Waals surface area contributed by atoms with E-state index < -0.39 is 0 Å². The van der Waals surface area contributed by atoms with Crippen LogP contribution in [-0.2, 0) is 21.7 Å². The summed E-state index contributed by atoms with van der Waals surface area (Å²) in [6.45, 7) is 30.9. The van der Waals surface area contributed by atoms with Crippen molar-refractivity contribution in [2.24, 2.45) is 0 Å². The highest BCUT2D eigenvalue weighted by Crippen LogP contribution is 2.53. The minimum Gasteiger partial charge on any atom is -0.311 e. The maximum atomic E-state index is 2.69. The van der Waals surface area contributed by atoms with Crippen molar-refractivity contribution in [2.45, 2.75) is 125 Å². The van der Waals surface area contributed by atoms with Gasteiger partial charge in [0.25, 0.3) is 6.71 Å². The molecule has 0 saturated carbocycles. The van der Waals surface area contributed by atoms with E-state index in [1.54, 1.807) is 0 Å². The van der Waals surface area contributed by atoms with Crippen molar-refractivity contribution in [1.29, 1.82) is 0 Å². The summed E-state index contributed by atoms with van der Waals surface area (Å²) in [5.41, 5.74) is 23.0. The zero-order valence-electron chi connectivity index (χ0n) is 38.7. The summed E-state index contributed by atoms with van der Waals surface area (Å²) in [6, 6.07) is 42.8. The third kappa shape index (κ3) is 6.25.